The van der Waals surface area contributed by atoms with E-state index in [1.54, 1.807) is 6.07 Å². The zero-order valence-electron chi connectivity index (χ0n) is 16.1. The molecule has 1 aliphatic heterocycles. The van der Waals surface area contributed by atoms with Gasteiger partial charge in [-0.25, -0.2) is 9.97 Å². The van der Waals surface area contributed by atoms with Gasteiger partial charge in [-0.2, -0.15) is 0 Å². The number of amides is 1. The first-order valence-corrected chi connectivity index (χ1v) is 9.49. The molecule has 1 saturated heterocycles. The molecule has 7 heteroatoms. The Morgan fingerprint density at radius 3 is 2.59 bits per heavy atom. The standard InChI is InChI=1S/C20H28N6O/c1-25(2)11-5-10-21-20(27)18-14-19(23-15-22-18)24-16-6-8-17(9-7-16)26-12-3-4-13-26/h6-9,14-15H,3-5,10-13H2,1-2H3,(H,21,27)(H,22,23,24). The molecule has 2 N–H and O–H groups in total. The van der Waals surface area contributed by atoms with Gasteiger partial charge in [0.05, 0.1) is 0 Å². The number of nitrogens with zero attached hydrogens (tertiary/aromatic N) is 4. The van der Waals surface area contributed by atoms with Crippen LogP contribution in [-0.2, 0) is 0 Å². The first-order chi connectivity index (χ1) is 13.1. The highest BCUT2D eigenvalue weighted by atomic mass is 16.1. The van der Waals surface area contributed by atoms with E-state index in [9.17, 15) is 4.79 Å². The van der Waals surface area contributed by atoms with Crippen molar-refractivity contribution in [2.24, 2.45) is 0 Å². The maximum Gasteiger partial charge on any atom is 0.270 e. The van der Waals surface area contributed by atoms with Crippen LogP contribution in [0.2, 0.25) is 0 Å². The fourth-order valence-corrected chi connectivity index (χ4v) is 3.12. The fraction of sp³-hybridized carbons (Fsp3) is 0.450. The Hall–Kier alpha value is -2.67. The smallest absolute Gasteiger partial charge is 0.270 e. The minimum absolute atomic E-state index is 0.177. The van der Waals surface area contributed by atoms with E-state index in [2.05, 4.69) is 42.5 Å². The van der Waals surface area contributed by atoms with E-state index in [1.807, 2.05) is 26.2 Å². The quantitative estimate of drug-likeness (QED) is 0.698. The highest BCUT2D eigenvalue weighted by molar-refractivity contribution is 5.92. The van der Waals surface area contributed by atoms with E-state index in [0.717, 1.165) is 31.7 Å². The molecule has 2 heterocycles. The van der Waals surface area contributed by atoms with Gasteiger partial charge in [-0.15, -0.1) is 0 Å². The van der Waals surface area contributed by atoms with Gasteiger partial charge in [0, 0.05) is 37.1 Å². The Bertz CT molecular complexity index is 740. The fourth-order valence-electron chi connectivity index (χ4n) is 3.12. The maximum atomic E-state index is 12.2. The SMILES string of the molecule is CN(C)CCCNC(=O)c1cc(Nc2ccc(N3CCCC3)cc2)ncn1. The number of carbonyl (C=O) groups excluding carboxylic acids is 1. The number of hydrogen-bond acceptors (Lipinski definition) is 6. The zero-order chi connectivity index (χ0) is 19.1. The number of rotatable bonds is 8. The third-order valence-electron chi connectivity index (χ3n) is 4.58. The van der Waals surface area contributed by atoms with Crippen LogP contribution in [0, 0.1) is 0 Å². The predicted octanol–water partition coefficient (Wildman–Crippen LogP) is 2.50. The minimum atomic E-state index is -0.177. The van der Waals surface area contributed by atoms with Crippen molar-refractivity contribution < 1.29 is 4.79 Å². The third-order valence-corrected chi connectivity index (χ3v) is 4.58. The number of aromatic nitrogens is 2. The highest BCUT2D eigenvalue weighted by Gasteiger charge is 2.12. The van der Waals surface area contributed by atoms with Crippen molar-refractivity contribution in [2.75, 3.05) is 50.5 Å². The Balaban J connectivity index is 1.56. The summed E-state index contributed by atoms with van der Waals surface area (Å²) in [6, 6.07) is 9.99. The van der Waals surface area contributed by atoms with Gasteiger partial charge in [-0.3, -0.25) is 4.79 Å². The molecule has 1 amide bonds. The molecule has 1 aromatic carbocycles. The van der Waals surface area contributed by atoms with Gasteiger partial charge in [0.2, 0.25) is 0 Å². The third kappa shape index (κ3) is 5.65. The molecule has 0 radical (unpaired) electrons. The average Bonchev–Trinajstić information content (AvgIpc) is 3.20. The van der Waals surface area contributed by atoms with Gasteiger partial charge in [-0.05, 0) is 64.2 Å². The van der Waals surface area contributed by atoms with Crippen LogP contribution < -0.4 is 15.5 Å². The lowest BCUT2D eigenvalue weighted by atomic mass is 10.2. The average molecular weight is 368 g/mol. The second-order valence-corrected chi connectivity index (χ2v) is 7.07. The summed E-state index contributed by atoms with van der Waals surface area (Å²) < 4.78 is 0. The van der Waals surface area contributed by atoms with Crippen molar-refractivity contribution in [3.05, 3.63) is 42.4 Å². The molecule has 0 saturated carbocycles. The number of anilines is 3. The summed E-state index contributed by atoms with van der Waals surface area (Å²) in [4.78, 5) is 25.0. The van der Waals surface area contributed by atoms with Gasteiger partial charge < -0.3 is 20.4 Å². The first-order valence-electron chi connectivity index (χ1n) is 9.49. The van der Waals surface area contributed by atoms with Gasteiger partial charge in [-0.1, -0.05) is 0 Å². The number of benzene rings is 1. The molecule has 3 rings (SSSR count). The van der Waals surface area contributed by atoms with Crippen molar-refractivity contribution in [1.82, 2.24) is 20.2 Å². The van der Waals surface area contributed by atoms with E-state index < -0.39 is 0 Å². The Labute approximate surface area is 160 Å². The molecule has 0 aliphatic carbocycles. The van der Waals surface area contributed by atoms with Crippen molar-refractivity contribution in [3.63, 3.8) is 0 Å². The van der Waals surface area contributed by atoms with Gasteiger partial charge in [0.1, 0.15) is 17.8 Å². The summed E-state index contributed by atoms with van der Waals surface area (Å²) >= 11 is 0. The summed E-state index contributed by atoms with van der Waals surface area (Å²) in [7, 11) is 4.03. The van der Waals surface area contributed by atoms with Crippen LogP contribution in [0.15, 0.2) is 36.7 Å². The van der Waals surface area contributed by atoms with Crippen molar-refractivity contribution >= 4 is 23.1 Å². The lowest BCUT2D eigenvalue weighted by Crippen LogP contribution is -2.27. The van der Waals surface area contributed by atoms with Gasteiger partial charge >= 0.3 is 0 Å². The van der Waals surface area contributed by atoms with Crippen LogP contribution >= 0.6 is 0 Å². The topological polar surface area (TPSA) is 73.4 Å². The summed E-state index contributed by atoms with van der Waals surface area (Å²) in [5, 5.41) is 6.14. The predicted molar refractivity (Wildman–Crippen MR) is 109 cm³/mol. The Morgan fingerprint density at radius 1 is 1.15 bits per heavy atom. The second-order valence-electron chi connectivity index (χ2n) is 7.07. The highest BCUT2D eigenvalue weighted by Crippen LogP contribution is 2.23. The number of nitrogens with one attached hydrogen (secondary N) is 2. The molecule has 144 valence electrons. The van der Waals surface area contributed by atoms with Crippen molar-refractivity contribution in [1.29, 1.82) is 0 Å². The maximum absolute atomic E-state index is 12.2. The van der Waals surface area contributed by atoms with Crippen molar-refractivity contribution in [3.8, 4) is 0 Å². The van der Waals surface area contributed by atoms with Crippen LogP contribution in [0.1, 0.15) is 29.8 Å². The van der Waals surface area contributed by atoms with Crippen LogP contribution in [0.25, 0.3) is 0 Å². The molecule has 2 aromatic rings. The van der Waals surface area contributed by atoms with Crippen LogP contribution in [-0.4, -0.2) is 61.0 Å². The van der Waals surface area contributed by atoms with Crippen LogP contribution in [0.3, 0.4) is 0 Å². The van der Waals surface area contributed by atoms with Crippen molar-refractivity contribution in [2.45, 2.75) is 19.3 Å². The lowest BCUT2D eigenvalue weighted by molar-refractivity contribution is 0.0947. The summed E-state index contributed by atoms with van der Waals surface area (Å²) in [5.74, 6) is 0.431. The normalized spacial score (nSPS) is 13.8. The molecule has 0 unspecified atom stereocenters. The van der Waals surface area contributed by atoms with E-state index in [0.29, 0.717) is 18.1 Å². The monoisotopic (exact) mass is 368 g/mol. The molecular formula is C20H28N6O. The Kier molecular flexibility index (Phi) is 6.59. The molecule has 0 spiro atoms. The van der Waals surface area contributed by atoms with Gasteiger partial charge in [0.15, 0.2) is 0 Å². The summed E-state index contributed by atoms with van der Waals surface area (Å²) in [6.45, 7) is 3.82. The zero-order valence-corrected chi connectivity index (χ0v) is 16.1. The molecule has 1 aliphatic rings. The molecule has 0 bridgehead atoms. The largest absolute Gasteiger partial charge is 0.372 e. The number of hydrogen-bond donors (Lipinski definition) is 2. The van der Waals surface area contributed by atoms with Gasteiger partial charge in [0.25, 0.3) is 5.91 Å². The van der Waals surface area contributed by atoms with E-state index in [-0.39, 0.29) is 5.91 Å². The molecule has 1 aromatic heterocycles. The summed E-state index contributed by atoms with van der Waals surface area (Å²) in [5.41, 5.74) is 2.55. The number of carbonyl (C=O) groups is 1. The van der Waals surface area contributed by atoms with E-state index in [4.69, 9.17) is 0 Å². The summed E-state index contributed by atoms with van der Waals surface area (Å²) in [6.07, 6.45) is 4.84. The molecule has 7 nitrogen and oxygen atoms in total. The molecule has 0 atom stereocenters. The molecule has 27 heavy (non-hydrogen) atoms. The lowest BCUT2D eigenvalue weighted by Gasteiger charge is -2.17. The second kappa shape index (κ2) is 9.32. The Morgan fingerprint density at radius 2 is 1.89 bits per heavy atom. The minimum Gasteiger partial charge on any atom is -0.372 e. The molecular weight excluding hydrogens is 340 g/mol. The molecule has 1 fully saturated rings. The van der Waals surface area contributed by atoms with Crippen LogP contribution in [0.4, 0.5) is 17.2 Å². The van der Waals surface area contributed by atoms with Crippen LogP contribution in [0.5, 0.6) is 0 Å². The van der Waals surface area contributed by atoms with E-state index >= 15 is 0 Å². The van der Waals surface area contributed by atoms with E-state index in [1.165, 1.54) is 24.9 Å². The first kappa shape index (κ1) is 19.1.